The molecular weight excluding hydrogens is 364 g/mol. The summed E-state index contributed by atoms with van der Waals surface area (Å²) in [6, 6.07) is 15.4. The van der Waals surface area contributed by atoms with Gasteiger partial charge in [0.05, 0.1) is 11.7 Å². The molecule has 0 spiro atoms. The zero-order chi connectivity index (χ0) is 21.0. The first-order valence-corrected chi connectivity index (χ1v) is 10.00. The van der Waals surface area contributed by atoms with E-state index in [4.69, 9.17) is 4.74 Å². The van der Waals surface area contributed by atoms with Crippen LogP contribution in [0.5, 0.6) is 0 Å². The Labute approximate surface area is 172 Å². The second kappa shape index (κ2) is 9.05. The molecule has 29 heavy (non-hydrogen) atoms. The quantitative estimate of drug-likeness (QED) is 0.537. The van der Waals surface area contributed by atoms with Crippen molar-refractivity contribution in [3.8, 4) is 0 Å². The Morgan fingerprint density at radius 1 is 1.00 bits per heavy atom. The van der Waals surface area contributed by atoms with Crippen LogP contribution in [0.3, 0.4) is 0 Å². The van der Waals surface area contributed by atoms with Crippen molar-refractivity contribution in [2.75, 3.05) is 18.5 Å². The molecule has 0 fully saturated rings. The van der Waals surface area contributed by atoms with Crippen molar-refractivity contribution < 1.29 is 14.3 Å². The lowest BCUT2D eigenvalue weighted by Crippen LogP contribution is -2.34. The number of amides is 2. The molecule has 0 bridgehead atoms. The summed E-state index contributed by atoms with van der Waals surface area (Å²) in [5.41, 5.74) is 4.41. The van der Waals surface area contributed by atoms with Crippen LogP contribution in [0.2, 0.25) is 0 Å². The summed E-state index contributed by atoms with van der Waals surface area (Å²) in [7, 11) is 0. The smallest absolute Gasteiger partial charge is 0.278 e. The first kappa shape index (κ1) is 20.8. The number of rotatable bonds is 8. The van der Waals surface area contributed by atoms with E-state index in [2.05, 4.69) is 5.32 Å². The minimum atomic E-state index is -0.293. The first-order valence-electron chi connectivity index (χ1n) is 10.00. The monoisotopic (exact) mass is 392 g/mol. The number of hydrogen-bond acceptors (Lipinski definition) is 4. The van der Waals surface area contributed by atoms with Crippen LogP contribution in [0.25, 0.3) is 5.57 Å². The van der Waals surface area contributed by atoms with Crippen molar-refractivity contribution in [2.45, 2.75) is 40.2 Å². The van der Waals surface area contributed by atoms with E-state index in [0.717, 1.165) is 22.4 Å². The van der Waals surface area contributed by atoms with E-state index in [0.29, 0.717) is 30.8 Å². The van der Waals surface area contributed by atoms with Gasteiger partial charge in [-0.2, -0.15) is 0 Å². The lowest BCUT2D eigenvalue weighted by atomic mass is 9.97. The number of nitrogens with zero attached hydrogens (tertiary/aromatic N) is 1. The maximum atomic E-state index is 13.2. The molecule has 0 aliphatic carbocycles. The maximum Gasteiger partial charge on any atom is 0.278 e. The van der Waals surface area contributed by atoms with Crippen molar-refractivity contribution >= 4 is 23.1 Å². The van der Waals surface area contributed by atoms with Gasteiger partial charge in [-0.3, -0.25) is 14.5 Å². The average molecular weight is 392 g/mol. The zero-order valence-electron chi connectivity index (χ0n) is 17.5. The Bertz CT molecular complexity index is 932. The fourth-order valence-corrected chi connectivity index (χ4v) is 3.45. The molecule has 1 aliphatic heterocycles. The number of anilines is 1. The fourth-order valence-electron chi connectivity index (χ4n) is 3.45. The van der Waals surface area contributed by atoms with E-state index in [1.165, 1.54) is 4.90 Å². The number of benzene rings is 2. The summed E-state index contributed by atoms with van der Waals surface area (Å²) in [5, 5.41) is 3.19. The van der Waals surface area contributed by atoms with Gasteiger partial charge >= 0.3 is 0 Å². The molecule has 3 rings (SSSR count). The van der Waals surface area contributed by atoms with E-state index < -0.39 is 0 Å². The van der Waals surface area contributed by atoms with Crippen molar-refractivity contribution in [1.82, 2.24) is 4.90 Å². The standard InChI is InChI=1S/C24H28N2O3/c1-16(2)29-14-8-13-26-23(27)21(20-12-11-17(3)15-18(20)4)22(24(26)28)25-19-9-6-5-7-10-19/h5-7,9-12,15-16,25H,8,13-14H2,1-4H3. The van der Waals surface area contributed by atoms with Crippen molar-refractivity contribution in [1.29, 1.82) is 0 Å². The minimum absolute atomic E-state index is 0.124. The number of imide groups is 1. The van der Waals surface area contributed by atoms with Crippen LogP contribution in [-0.2, 0) is 14.3 Å². The van der Waals surface area contributed by atoms with Crippen LogP contribution in [0.15, 0.2) is 54.2 Å². The molecule has 5 nitrogen and oxygen atoms in total. The van der Waals surface area contributed by atoms with Crippen molar-refractivity contribution in [3.63, 3.8) is 0 Å². The van der Waals surface area contributed by atoms with Gasteiger partial charge in [-0.05, 0) is 57.4 Å². The zero-order valence-corrected chi connectivity index (χ0v) is 17.5. The number of aryl methyl sites for hydroxylation is 2. The normalized spacial score (nSPS) is 14.3. The number of para-hydroxylation sites is 1. The lowest BCUT2D eigenvalue weighted by Gasteiger charge is -2.16. The SMILES string of the molecule is Cc1ccc(C2=C(Nc3ccccc3)C(=O)N(CCCOC(C)C)C2=O)c(C)c1. The van der Waals surface area contributed by atoms with Crippen LogP contribution in [0, 0.1) is 13.8 Å². The van der Waals surface area contributed by atoms with Gasteiger partial charge in [0, 0.05) is 18.8 Å². The van der Waals surface area contributed by atoms with Crippen molar-refractivity contribution in [2.24, 2.45) is 0 Å². The van der Waals surface area contributed by atoms with Crippen LogP contribution < -0.4 is 5.32 Å². The van der Waals surface area contributed by atoms with Gasteiger partial charge < -0.3 is 10.1 Å². The number of ether oxygens (including phenoxy) is 1. The molecule has 1 N–H and O–H groups in total. The molecule has 152 valence electrons. The highest BCUT2D eigenvalue weighted by molar-refractivity contribution is 6.36. The molecule has 0 unspecified atom stereocenters. The second-order valence-corrected chi connectivity index (χ2v) is 7.59. The molecule has 2 aromatic rings. The van der Waals surface area contributed by atoms with E-state index in [1.807, 2.05) is 76.2 Å². The molecule has 1 aliphatic rings. The summed E-state index contributed by atoms with van der Waals surface area (Å²) in [4.78, 5) is 27.7. The minimum Gasteiger partial charge on any atom is -0.379 e. The van der Waals surface area contributed by atoms with Gasteiger partial charge in [0.15, 0.2) is 0 Å². The predicted molar refractivity (Wildman–Crippen MR) is 115 cm³/mol. The van der Waals surface area contributed by atoms with E-state index >= 15 is 0 Å². The Balaban J connectivity index is 1.93. The van der Waals surface area contributed by atoms with E-state index in [-0.39, 0.29) is 17.9 Å². The van der Waals surface area contributed by atoms with Crippen LogP contribution in [0.1, 0.15) is 37.0 Å². The van der Waals surface area contributed by atoms with Gasteiger partial charge in [-0.15, -0.1) is 0 Å². The largest absolute Gasteiger partial charge is 0.379 e. The van der Waals surface area contributed by atoms with Gasteiger partial charge in [0.25, 0.3) is 11.8 Å². The van der Waals surface area contributed by atoms with Crippen molar-refractivity contribution in [3.05, 3.63) is 70.9 Å². The number of hydrogen-bond donors (Lipinski definition) is 1. The van der Waals surface area contributed by atoms with Gasteiger partial charge in [-0.25, -0.2) is 0 Å². The average Bonchev–Trinajstić information content (AvgIpc) is 2.90. The summed E-state index contributed by atoms with van der Waals surface area (Å²) in [6.45, 7) is 8.75. The Morgan fingerprint density at radius 2 is 1.72 bits per heavy atom. The lowest BCUT2D eigenvalue weighted by molar-refractivity contribution is -0.137. The maximum absolute atomic E-state index is 13.2. The van der Waals surface area contributed by atoms with E-state index in [1.54, 1.807) is 0 Å². The summed E-state index contributed by atoms with van der Waals surface area (Å²) >= 11 is 0. The van der Waals surface area contributed by atoms with Crippen LogP contribution in [-0.4, -0.2) is 36.0 Å². The Kier molecular flexibility index (Phi) is 6.49. The number of nitrogens with one attached hydrogen (secondary N) is 1. The summed E-state index contributed by atoms with van der Waals surface area (Å²) in [5.74, 6) is -0.552. The molecule has 0 saturated carbocycles. The molecule has 0 aromatic heterocycles. The molecule has 5 heteroatoms. The molecule has 0 atom stereocenters. The molecule has 2 aromatic carbocycles. The van der Waals surface area contributed by atoms with Crippen LogP contribution in [0.4, 0.5) is 5.69 Å². The summed E-state index contributed by atoms with van der Waals surface area (Å²) in [6.07, 6.45) is 0.730. The topological polar surface area (TPSA) is 58.6 Å². The predicted octanol–water partition coefficient (Wildman–Crippen LogP) is 4.31. The fraction of sp³-hybridized carbons (Fsp3) is 0.333. The summed E-state index contributed by atoms with van der Waals surface area (Å²) < 4.78 is 5.56. The Hall–Kier alpha value is -2.92. The highest BCUT2D eigenvalue weighted by Crippen LogP contribution is 2.32. The van der Waals surface area contributed by atoms with E-state index in [9.17, 15) is 9.59 Å². The highest BCUT2D eigenvalue weighted by atomic mass is 16.5. The molecule has 0 saturated heterocycles. The second-order valence-electron chi connectivity index (χ2n) is 7.59. The highest BCUT2D eigenvalue weighted by Gasteiger charge is 2.39. The molecule has 2 amide bonds. The van der Waals surface area contributed by atoms with Gasteiger partial charge in [-0.1, -0.05) is 42.0 Å². The third-order valence-electron chi connectivity index (χ3n) is 4.84. The third kappa shape index (κ3) is 4.74. The van der Waals surface area contributed by atoms with Gasteiger partial charge in [0.2, 0.25) is 0 Å². The number of carbonyl (C=O) groups excluding carboxylic acids is 2. The molecule has 0 radical (unpaired) electrons. The molecule has 1 heterocycles. The first-order chi connectivity index (χ1) is 13.9. The Morgan fingerprint density at radius 3 is 2.38 bits per heavy atom. The third-order valence-corrected chi connectivity index (χ3v) is 4.84. The molecular formula is C24H28N2O3. The van der Waals surface area contributed by atoms with Gasteiger partial charge in [0.1, 0.15) is 5.70 Å². The van der Waals surface area contributed by atoms with Crippen LogP contribution >= 0.6 is 0 Å². The number of carbonyl (C=O) groups is 2.